The van der Waals surface area contributed by atoms with Crippen molar-refractivity contribution in [3.63, 3.8) is 0 Å². The monoisotopic (exact) mass is 431 g/mol. The van der Waals surface area contributed by atoms with E-state index in [1.165, 1.54) is 30.5 Å². The van der Waals surface area contributed by atoms with Gasteiger partial charge in [-0.25, -0.2) is 5.43 Å². The van der Waals surface area contributed by atoms with E-state index in [4.69, 9.17) is 0 Å². The standard InChI is InChI=1S/C19H12F3N5O2S/c1-11-15(9-23)18(29)27(13-5-2-4-12(8-13)19(20,21)22)26-16(11)17(28)25-24-10-14-6-3-7-30-14/h2-8,10H,1H3,(H,25,28)/b24-10-. The Bertz CT molecular complexity index is 1220. The van der Waals surface area contributed by atoms with Crippen LogP contribution in [0.1, 0.15) is 32.1 Å². The zero-order valence-corrected chi connectivity index (χ0v) is 16.1. The number of benzene rings is 1. The summed E-state index contributed by atoms with van der Waals surface area (Å²) in [6, 6.07) is 9.11. The van der Waals surface area contributed by atoms with Crippen molar-refractivity contribution in [3.8, 4) is 11.8 Å². The number of nitriles is 1. The van der Waals surface area contributed by atoms with Gasteiger partial charge in [-0.1, -0.05) is 12.1 Å². The van der Waals surface area contributed by atoms with Crippen LogP contribution in [0.5, 0.6) is 0 Å². The summed E-state index contributed by atoms with van der Waals surface area (Å²) in [5.41, 5.74) is -0.664. The molecule has 1 aromatic carbocycles. The van der Waals surface area contributed by atoms with Crippen LogP contribution in [0, 0.1) is 18.3 Å². The fraction of sp³-hybridized carbons (Fsp3) is 0.105. The highest BCUT2D eigenvalue weighted by Crippen LogP contribution is 2.30. The van der Waals surface area contributed by atoms with E-state index < -0.39 is 28.8 Å². The molecule has 0 bridgehead atoms. The van der Waals surface area contributed by atoms with E-state index in [0.717, 1.165) is 17.0 Å². The van der Waals surface area contributed by atoms with E-state index >= 15 is 0 Å². The zero-order valence-electron chi connectivity index (χ0n) is 15.3. The molecule has 7 nitrogen and oxygen atoms in total. The Labute approximate surface area is 171 Å². The topological polar surface area (TPSA) is 100 Å². The number of thiophene rings is 1. The minimum atomic E-state index is -4.64. The van der Waals surface area contributed by atoms with Crippen molar-refractivity contribution in [2.45, 2.75) is 13.1 Å². The lowest BCUT2D eigenvalue weighted by atomic mass is 10.1. The first kappa shape index (κ1) is 20.9. The number of halogens is 3. The minimum absolute atomic E-state index is 0.00505. The number of alkyl halides is 3. The molecule has 0 saturated heterocycles. The number of amides is 1. The number of aromatic nitrogens is 2. The second-order valence-electron chi connectivity index (χ2n) is 5.94. The first-order valence-corrected chi connectivity index (χ1v) is 9.19. The molecule has 1 N–H and O–H groups in total. The SMILES string of the molecule is Cc1c(C(=O)N/N=C\c2cccs2)nn(-c2cccc(C(F)(F)F)c2)c(=O)c1C#N. The number of hydrazone groups is 1. The van der Waals surface area contributed by atoms with Crippen LogP contribution in [0.3, 0.4) is 0 Å². The minimum Gasteiger partial charge on any atom is -0.266 e. The molecule has 0 aliphatic rings. The number of rotatable bonds is 4. The normalized spacial score (nSPS) is 11.4. The molecule has 1 amide bonds. The van der Waals surface area contributed by atoms with Crippen molar-refractivity contribution in [2.24, 2.45) is 5.10 Å². The lowest BCUT2D eigenvalue weighted by molar-refractivity contribution is -0.137. The maximum atomic E-state index is 13.0. The van der Waals surface area contributed by atoms with Gasteiger partial charge in [0.15, 0.2) is 5.69 Å². The quantitative estimate of drug-likeness (QED) is 0.506. The Morgan fingerprint density at radius 1 is 1.33 bits per heavy atom. The van der Waals surface area contributed by atoms with Gasteiger partial charge < -0.3 is 0 Å². The van der Waals surface area contributed by atoms with Crippen LogP contribution in [-0.2, 0) is 6.18 Å². The average Bonchev–Trinajstić information content (AvgIpc) is 3.21. The molecule has 3 aromatic rings. The number of hydrogen-bond acceptors (Lipinski definition) is 6. The molecule has 0 spiro atoms. The molecule has 0 saturated carbocycles. The summed E-state index contributed by atoms with van der Waals surface area (Å²) in [5, 5.41) is 18.8. The summed E-state index contributed by atoms with van der Waals surface area (Å²) < 4.78 is 39.6. The van der Waals surface area contributed by atoms with Gasteiger partial charge in [-0.2, -0.15) is 33.3 Å². The molecule has 0 fully saturated rings. The van der Waals surface area contributed by atoms with Gasteiger partial charge in [0.05, 0.1) is 17.5 Å². The molecular weight excluding hydrogens is 419 g/mol. The lowest BCUT2D eigenvalue weighted by Crippen LogP contribution is -2.31. The Morgan fingerprint density at radius 2 is 2.10 bits per heavy atom. The van der Waals surface area contributed by atoms with Crippen LogP contribution in [0.25, 0.3) is 5.69 Å². The molecule has 0 atom stereocenters. The van der Waals surface area contributed by atoms with Crippen LogP contribution in [-0.4, -0.2) is 21.9 Å². The van der Waals surface area contributed by atoms with Gasteiger partial charge in [0, 0.05) is 10.4 Å². The van der Waals surface area contributed by atoms with Crippen LogP contribution < -0.4 is 11.0 Å². The number of nitrogens with one attached hydrogen (secondary N) is 1. The summed E-state index contributed by atoms with van der Waals surface area (Å²) in [5.74, 6) is -0.822. The third kappa shape index (κ3) is 4.28. The molecule has 3 rings (SSSR count). The number of hydrogen-bond donors (Lipinski definition) is 1. The molecule has 11 heteroatoms. The van der Waals surface area contributed by atoms with Gasteiger partial charge >= 0.3 is 6.18 Å². The van der Waals surface area contributed by atoms with Crippen molar-refractivity contribution in [1.82, 2.24) is 15.2 Å². The smallest absolute Gasteiger partial charge is 0.266 e. The van der Waals surface area contributed by atoms with Gasteiger partial charge in [0.25, 0.3) is 11.5 Å². The Kier molecular flexibility index (Phi) is 5.79. The van der Waals surface area contributed by atoms with Crippen LogP contribution in [0.2, 0.25) is 0 Å². The van der Waals surface area contributed by atoms with Crippen molar-refractivity contribution in [1.29, 1.82) is 5.26 Å². The van der Waals surface area contributed by atoms with Gasteiger partial charge in [-0.05, 0) is 36.6 Å². The summed E-state index contributed by atoms with van der Waals surface area (Å²) in [4.78, 5) is 25.8. The van der Waals surface area contributed by atoms with E-state index in [2.05, 4.69) is 15.6 Å². The third-order valence-corrected chi connectivity index (χ3v) is 4.79. The Hall–Kier alpha value is -3.78. The molecular formula is C19H12F3N5O2S. The average molecular weight is 431 g/mol. The molecule has 2 heterocycles. The summed E-state index contributed by atoms with van der Waals surface area (Å²) >= 11 is 1.39. The van der Waals surface area contributed by atoms with Gasteiger partial charge in [-0.3, -0.25) is 9.59 Å². The van der Waals surface area contributed by atoms with Crippen LogP contribution >= 0.6 is 11.3 Å². The highest BCUT2D eigenvalue weighted by atomic mass is 32.1. The van der Waals surface area contributed by atoms with Crippen molar-refractivity contribution in [3.05, 3.63) is 79.4 Å². The van der Waals surface area contributed by atoms with Gasteiger partial charge in [0.1, 0.15) is 11.6 Å². The third-order valence-electron chi connectivity index (χ3n) is 3.98. The predicted molar refractivity (Wildman–Crippen MR) is 104 cm³/mol. The van der Waals surface area contributed by atoms with Crippen molar-refractivity contribution >= 4 is 23.5 Å². The van der Waals surface area contributed by atoms with Crippen molar-refractivity contribution in [2.75, 3.05) is 0 Å². The van der Waals surface area contributed by atoms with E-state index in [1.807, 2.05) is 5.38 Å². The molecule has 2 aromatic heterocycles. The maximum Gasteiger partial charge on any atom is 0.416 e. The summed E-state index contributed by atoms with van der Waals surface area (Å²) in [6.45, 7) is 1.35. The van der Waals surface area contributed by atoms with E-state index in [0.29, 0.717) is 10.7 Å². The zero-order chi connectivity index (χ0) is 21.9. The molecule has 30 heavy (non-hydrogen) atoms. The molecule has 0 radical (unpaired) electrons. The van der Waals surface area contributed by atoms with Crippen LogP contribution in [0.15, 0.2) is 51.7 Å². The van der Waals surface area contributed by atoms with E-state index in [-0.39, 0.29) is 16.9 Å². The Morgan fingerprint density at radius 3 is 2.73 bits per heavy atom. The lowest BCUT2D eigenvalue weighted by Gasteiger charge is -2.12. The van der Waals surface area contributed by atoms with Crippen LogP contribution in [0.4, 0.5) is 13.2 Å². The largest absolute Gasteiger partial charge is 0.416 e. The number of carbonyl (C=O) groups excluding carboxylic acids is 1. The molecule has 0 aliphatic carbocycles. The molecule has 152 valence electrons. The van der Waals surface area contributed by atoms with E-state index in [1.54, 1.807) is 18.2 Å². The number of carbonyl (C=O) groups is 1. The first-order chi connectivity index (χ1) is 14.2. The van der Waals surface area contributed by atoms with Gasteiger partial charge in [0.2, 0.25) is 0 Å². The summed E-state index contributed by atoms with van der Waals surface area (Å²) in [7, 11) is 0. The van der Waals surface area contributed by atoms with E-state index in [9.17, 15) is 28.0 Å². The predicted octanol–water partition coefficient (Wildman–Crippen LogP) is 3.26. The first-order valence-electron chi connectivity index (χ1n) is 8.31. The second kappa shape index (κ2) is 8.30. The maximum absolute atomic E-state index is 13.0. The van der Waals surface area contributed by atoms with Crippen molar-refractivity contribution < 1.29 is 18.0 Å². The Balaban J connectivity index is 2.05. The molecule has 0 unspecified atom stereocenters. The summed E-state index contributed by atoms with van der Waals surface area (Å²) in [6.07, 6.45) is -3.25. The fourth-order valence-corrected chi connectivity index (χ4v) is 3.10. The molecule has 0 aliphatic heterocycles. The fourth-order valence-electron chi connectivity index (χ4n) is 2.51. The van der Waals surface area contributed by atoms with Gasteiger partial charge in [-0.15, -0.1) is 11.3 Å². The second-order valence-corrected chi connectivity index (χ2v) is 6.92. The number of nitrogens with zero attached hydrogens (tertiary/aromatic N) is 4. The highest BCUT2D eigenvalue weighted by molar-refractivity contribution is 7.11. The highest BCUT2D eigenvalue weighted by Gasteiger charge is 2.31.